The minimum atomic E-state index is -1.72. The Morgan fingerprint density at radius 2 is 2.27 bits per heavy atom. The normalized spacial score (nSPS) is 20.8. The minimum Gasteiger partial charge on any atom is -0.502 e. The van der Waals surface area contributed by atoms with Gasteiger partial charge in [-0.15, -0.1) is 0 Å². The lowest BCUT2D eigenvalue weighted by Crippen LogP contribution is -2.19. The summed E-state index contributed by atoms with van der Waals surface area (Å²) in [5.74, 6) is 0.963. The summed E-state index contributed by atoms with van der Waals surface area (Å²) in [6.45, 7) is 13.9. The van der Waals surface area contributed by atoms with Crippen molar-refractivity contribution in [2.24, 2.45) is 0 Å². The maximum atomic E-state index is 8.88. The highest BCUT2D eigenvalue weighted by atomic mass is 16.5. The Balaban J connectivity index is 1.73. The van der Waals surface area contributed by atoms with Crippen LogP contribution in [0.5, 0.6) is 5.75 Å². The summed E-state index contributed by atoms with van der Waals surface area (Å²) >= 11 is 0. The first-order valence-corrected chi connectivity index (χ1v) is 10.1. The highest BCUT2D eigenvalue weighted by molar-refractivity contribution is 5.70. The van der Waals surface area contributed by atoms with E-state index in [-0.39, 0.29) is 24.2 Å². The largest absolute Gasteiger partial charge is 0.502 e. The lowest BCUT2D eigenvalue weighted by molar-refractivity contribution is 0.244. The van der Waals surface area contributed by atoms with E-state index < -0.39 is 12.4 Å². The first-order chi connectivity index (χ1) is 15.7. The number of hydrogen-bond acceptors (Lipinski definition) is 5. The smallest absolute Gasteiger partial charge is 0.256 e. The van der Waals surface area contributed by atoms with Gasteiger partial charge in [-0.2, -0.15) is 4.98 Å². The zero-order valence-corrected chi connectivity index (χ0v) is 17.3. The SMILES string of the molecule is [2H]C1([2H])C[C@]([2H])(NCCC)c2cccc(-c3noc(-c4ccc(OC(C)C)c([N+]#[C-])c4)n3)c21. The number of rotatable bonds is 7. The first-order valence-electron chi connectivity index (χ1n) is 11.6. The minimum absolute atomic E-state index is 0.00271. The van der Waals surface area contributed by atoms with E-state index in [0.717, 1.165) is 6.42 Å². The predicted molar refractivity (Wildman–Crippen MR) is 117 cm³/mol. The summed E-state index contributed by atoms with van der Waals surface area (Å²) in [6, 6.07) is 9.21. The molecule has 30 heavy (non-hydrogen) atoms. The third-order valence-electron chi connectivity index (χ3n) is 4.78. The van der Waals surface area contributed by atoms with Crippen LogP contribution in [-0.2, 0) is 6.37 Å². The van der Waals surface area contributed by atoms with E-state index >= 15 is 0 Å². The third-order valence-corrected chi connectivity index (χ3v) is 4.78. The summed E-state index contributed by atoms with van der Waals surface area (Å²) < 4.78 is 37.3. The van der Waals surface area contributed by atoms with Crippen LogP contribution in [0.2, 0.25) is 0 Å². The van der Waals surface area contributed by atoms with E-state index in [1.165, 1.54) is 0 Å². The second-order valence-electron chi connectivity index (χ2n) is 7.37. The molecule has 2 aromatic carbocycles. The Hall–Kier alpha value is -3.17. The molecule has 0 unspecified atom stereocenters. The highest BCUT2D eigenvalue weighted by Crippen LogP contribution is 2.38. The molecule has 0 saturated heterocycles. The van der Waals surface area contributed by atoms with Gasteiger partial charge >= 0.3 is 0 Å². The monoisotopic (exact) mass is 405 g/mol. The number of benzene rings is 2. The average Bonchev–Trinajstić information content (AvgIpc) is 3.34. The van der Waals surface area contributed by atoms with Gasteiger partial charge in [0, 0.05) is 19.9 Å². The Morgan fingerprint density at radius 3 is 3.03 bits per heavy atom. The molecule has 1 N–H and O–H groups in total. The van der Waals surface area contributed by atoms with E-state index in [9.17, 15) is 0 Å². The fourth-order valence-electron chi connectivity index (χ4n) is 3.43. The van der Waals surface area contributed by atoms with Crippen molar-refractivity contribution in [1.29, 1.82) is 0 Å². The van der Waals surface area contributed by atoms with Crippen molar-refractivity contribution in [2.45, 2.75) is 52.1 Å². The number of aromatic nitrogens is 2. The van der Waals surface area contributed by atoms with E-state index in [1.54, 1.807) is 36.4 Å². The van der Waals surface area contributed by atoms with Crippen molar-refractivity contribution in [3.05, 3.63) is 58.9 Å². The molecule has 4 rings (SSSR count). The van der Waals surface area contributed by atoms with Gasteiger partial charge in [-0.3, -0.25) is 0 Å². The van der Waals surface area contributed by atoms with Gasteiger partial charge in [-0.25, -0.2) is 4.85 Å². The van der Waals surface area contributed by atoms with Gasteiger partial charge in [-0.05, 0) is 68.9 Å². The van der Waals surface area contributed by atoms with Crippen molar-refractivity contribution >= 4 is 5.69 Å². The van der Waals surface area contributed by atoms with E-state index in [1.807, 2.05) is 20.8 Å². The van der Waals surface area contributed by atoms with Gasteiger partial charge in [0.05, 0.1) is 14.0 Å². The molecule has 0 fully saturated rings. The van der Waals surface area contributed by atoms with E-state index in [4.69, 9.17) is 19.9 Å². The van der Waals surface area contributed by atoms with Crippen LogP contribution >= 0.6 is 0 Å². The molecule has 0 bridgehead atoms. The van der Waals surface area contributed by atoms with Crippen LogP contribution in [0.25, 0.3) is 27.7 Å². The van der Waals surface area contributed by atoms with Crippen LogP contribution in [0.15, 0.2) is 40.9 Å². The van der Waals surface area contributed by atoms with Crippen molar-refractivity contribution in [3.8, 4) is 28.6 Å². The Bertz CT molecular complexity index is 1220. The lowest BCUT2D eigenvalue weighted by Gasteiger charge is -2.13. The molecule has 0 spiro atoms. The molecule has 0 amide bonds. The number of ether oxygens (including phenoxy) is 1. The second-order valence-corrected chi connectivity index (χ2v) is 7.37. The molecular formula is C24H26N4O2. The van der Waals surface area contributed by atoms with Gasteiger partial charge in [0.2, 0.25) is 11.5 Å². The van der Waals surface area contributed by atoms with Crippen LogP contribution in [-0.4, -0.2) is 22.8 Å². The number of nitrogens with zero attached hydrogens (tertiary/aromatic N) is 3. The molecule has 1 atom stereocenters. The Labute approximate surface area is 181 Å². The molecule has 3 aromatic rings. The van der Waals surface area contributed by atoms with Crippen LogP contribution < -0.4 is 10.1 Å². The van der Waals surface area contributed by atoms with Crippen LogP contribution in [0.4, 0.5) is 5.69 Å². The molecule has 154 valence electrons. The van der Waals surface area contributed by atoms with E-state index in [2.05, 4.69) is 20.3 Å². The zero-order chi connectivity index (χ0) is 23.8. The molecule has 1 aliphatic carbocycles. The Kier molecular flexibility index (Phi) is 4.81. The summed E-state index contributed by atoms with van der Waals surface area (Å²) in [4.78, 5) is 8.04. The van der Waals surface area contributed by atoms with Crippen LogP contribution in [0.3, 0.4) is 0 Å². The van der Waals surface area contributed by atoms with Crippen LogP contribution in [0, 0.1) is 6.57 Å². The molecule has 0 aliphatic heterocycles. The Morgan fingerprint density at radius 1 is 1.40 bits per heavy atom. The van der Waals surface area contributed by atoms with Crippen molar-refractivity contribution in [3.63, 3.8) is 0 Å². The summed E-state index contributed by atoms with van der Waals surface area (Å²) in [6.07, 6.45) is -0.927. The molecule has 6 nitrogen and oxygen atoms in total. The summed E-state index contributed by atoms with van der Waals surface area (Å²) in [5, 5.41) is 7.28. The fraction of sp³-hybridized carbons (Fsp3) is 0.375. The molecule has 0 radical (unpaired) electrons. The second kappa shape index (κ2) is 8.68. The fourth-order valence-corrected chi connectivity index (χ4v) is 3.43. The molecular weight excluding hydrogens is 376 g/mol. The number of nitrogens with one attached hydrogen (secondary N) is 1. The van der Waals surface area contributed by atoms with Crippen molar-refractivity contribution < 1.29 is 13.4 Å². The molecule has 1 aromatic heterocycles. The number of fused-ring (bicyclic) bond motifs is 1. The third kappa shape index (κ3) is 3.94. The predicted octanol–water partition coefficient (Wildman–Crippen LogP) is 5.73. The molecule has 1 aliphatic rings. The molecule has 1 heterocycles. The van der Waals surface area contributed by atoms with Gasteiger partial charge < -0.3 is 14.6 Å². The standard InChI is InChI=1S/C24H26N4O2/c1-5-13-26-20-11-10-17-18(20)7-6-8-19(17)23-27-24(30-28-23)16-9-12-22(29-15(2)3)21(14-16)25-4/h6-9,12,14-15,20,26H,5,10-11,13H2,1-3H3/t20-/m0/s1/i10D2,20D. The quantitative estimate of drug-likeness (QED) is 0.509. The number of hydrogen-bond donors (Lipinski definition) is 1. The average molecular weight is 406 g/mol. The van der Waals surface area contributed by atoms with Gasteiger partial charge in [0.1, 0.15) is 5.75 Å². The zero-order valence-electron chi connectivity index (χ0n) is 20.3. The lowest BCUT2D eigenvalue weighted by atomic mass is 10.0. The van der Waals surface area contributed by atoms with E-state index in [0.29, 0.717) is 40.2 Å². The van der Waals surface area contributed by atoms with Crippen LogP contribution in [0.1, 0.15) is 54.9 Å². The molecule has 6 heteroatoms. The molecule has 0 saturated carbocycles. The maximum absolute atomic E-state index is 8.88. The van der Waals surface area contributed by atoms with Gasteiger partial charge in [0.25, 0.3) is 5.89 Å². The maximum Gasteiger partial charge on any atom is 0.256 e. The highest BCUT2D eigenvalue weighted by Gasteiger charge is 2.26. The van der Waals surface area contributed by atoms with Gasteiger partial charge in [-0.1, -0.05) is 30.3 Å². The van der Waals surface area contributed by atoms with Crippen molar-refractivity contribution in [1.82, 2.24) is 15.5 Å². The van der Waals surface area contributed by atoms with Crippen molar-refractivity contribution in [2.75, 3.05) is 6.54 Å². The summed E-state index contributed by atoms with van der Waals surface area (Å²) in [5.41, 5.74) is 2.43. The summed E-state index contributed by atoms with van der Waals surface area (Å²) in [7, 11) is 0. The topological polar surface area (TPSA) is 64.5 Å². The first kappa shape index (κ1) is 16.6. The van der Waals surface area contributed by atoms with Gasteiger partial charge in [0.15, 0.2) is 0 Å².